The van der Waals surface area contributed by atoms with Gasteiger partial charge in [-0.15, -0.1) is 0 Å². The third-order valence-electron chi connectivity index (χ3n) is 7.88. The van der Waals surface area contributed by atoms with E-state index in [0.717, 1.165) is 23.7 Å². The Kier molecular flexibility index (Phi) is 7.73. The summed E-state index contributed by atoms with van der Waals surface area (Å²) < 4.78 is 4.56. The van der Waals surface area contributed by atoms with Gasteiger partial charge >= 0.3 is 0 Å². The number of aryl methyl sites for hydroxylation is 2. The van der Waals surface area contributed by atoms with Crippen LogP contribution >= 0.6 is 0 Å². The number of carbonyl (C=O) groups excluding carboxylic acids is 1. The molecule has 0 unspecified atom stereocenters. The van der Waals surface area contributed by atoms with E-state index in [-0.39, 0.29) is 5.91 Å². The van der Waals surface area contributed by atoms with Crippen LogP contribution in [-0.2, 0) is 18.9 Å². The van der Waals surface area contributed by atoms with E-state index in [1.807, 2.05) is 6.07 Å². The highest BCUT2D eigenvalue weighted by atomic mass is 16.1. The maximum Gasteiger partial charge on any atom is 0.246 e. The van der Waals surface area contributed by atoms with Crippen molar-refractivity contribution in [2.45, 2.75) is 71.1 Å². The molecule has 1 amide bonds. The minimum absolute atomic E-state index is 0.0127. The normalized spacial score (nSPS) is 12.5. The molecule has 3 aromatic carbocycles. The number of benzene rings is 3. The van der Waals surface area contributed by atoms with Crippen molar-refractivity contribution >= 4 is 49.5 Å². The van der Waals surface area contributed by atoms with Crippen molar-refractivity contribution in [3.05, 3.63) is 66.0 Å². The predicted molar refractivity (Wildman–Crippen MR) is 157 cm³/mol. The van der Waals surface area contributed by atoms with Gasteiger partial charge in [0.1, 0.15) is 0 Å². The van der Waals surface area contributed by atoms with Crippen LogP contribution in [0.1, 0.15) is 71.1 Å². The highest BCUT2D eigenvalue weighted by Crippen LogP contribution is 2.36. The van der Waals surface area contributed by atoms with Gasteiger partial charge in [0, 0.05) is 36.7 Å². The molecule has 5 aromatic rings. The molecule has 192 valence electrons. The van der Waals surface area contributed by atoms with Gasteiger partial charge in [0.05, 0.1) is 27.4 Å². The molecule has 2 heterocycles. The van der Waals surface area contributed by atoms with E-state index in [2.05, 4.69) is 89.7 Å². The number of hydrogen-bond acceptors (Lipinski definition) is 1. The molecule has 0 radical (unpaired) electrons. The minimum atomic E-state index is -0.0127. The van der Waals surface area contributed by atoms with Gasteiger partial charge in [0.15, 0.2) is 0 Å². The summed E-state index contributed by atoms with van der Waals surface area (Å²) >= 11 is 0. The Hall–Kier alpha value is -3.40. The zero-order valence-electron chi connectivity index (χ0n) is 22.6. The Bertz CT molecular complexity index is 1640. The zero-order valence-corrected chi connectivity index (χ0v) is 22.6. The summed E-state index contributed by atoms with van der Waals surface area (Å²) in [5.74, 6) is -0.0127. The molecular weight excluding hydrogens is 454 g/mol. The summed E-state index contributed by atoms with van der Waals surface area (Å²) in [6, 6.07) is 21.3. The lowest BCUT2D eigenvalue weighted by atomic mass is 9.99. The molecular formula is C33H39N3O. The molecule has 37 heavy (non-hydrogen) atoms. The van der Waals surface area contributed by atoms with E-state index >= 15 is 0 Å². The molecule has 0 saturated carbocycles. The van der Waals surface area contributed by atoms with E-state index in [0.29, 0.717) is 6.42 Å². The maximum absolute atomic E-state index is 12.7. The summed E-state index contributed by atoms with van der Waals surface area (Å²) in [4.78, 5) is 17.1. The van der Waals surface area contributed by atoms with Crippen molar-refractivity contribution in [3.63, 3.8) is 0 Å². The van der Waals surface area contributed by atoms with Gasteiger partial charge in [-0.1, -0.05) is 94.7 Å². The van der Waals surface area contributed by atoms with Crippen molar-refractivity contribution in [1.82, 2.24) is 9.13 Å². The monoisotopic (exact) mass is 493 g/mol. The average Bonchev–Trinajstić information content (AvgIpc) is 2.92. The summed E-state index contributed by atoms with van der Waals surface area (Å²) in [6.07, 6.45) is 11.8. The SMILES string of the molecule is CCCCCCCCCCCC(=O)N=c1ccc2c3cccc4c3c(c3ccccc3n4C)n(C)c2c1. The molecule has 4 heteroatoms. The Morgan fingerprint density at radius 3 is 2.14 bits per heavy atom. The Morgan fingerprint density at radius 1 is 0.676 bits per heavy atom. The molecule has 0 atom stereocenters. The molecule has 0 aliphatic rings. The van der Waals surface area contributed by atoms with Gasteiger partial charge in [-0.05, 0) is 36.1 Å². The molecule has 0 aliphatic heterocycles. The van der Waals surface area contributed by atoms with Crippen molar-refractivity contribution < 1.29 is 4.79 Å². The number of rotatable bonds is 10. The Labute approximate surface area is 219 Å². The van der Waals surface area contributed by atoms with E-state index < -0.39 is 0 Å². The molecule has 4 nitrogen and oxygen atoms in total. The predicted octanol–water partition coefficient (Wildman–Crippen LogP) is 8.32. The number of hydrogen-bond donors (Lipinski definition) is 0. The molecule has 0 spiro atoms. The van der Waals surface area contributed by atoms with Crippen LogP contribution in [0.4, 0.5) is 0 Å². The number of amides is 1. The van der Waals surface area contributed by atoms with Crippen LogP contribution in [0.2, 0.25) is 0 Å². The second-order valence-corrected chi connectivity index (χ2v) is 10.5. The maximum atomic E-state index is 12.7. The molecule has 0 fully saturated rings. The smallest absolute Gasteiger partial charge is 0.246 e. The van der Waals surface area contributed by atoms with Crippen LogP contribution in [-0.4, -0.2) is 15.0 Å². The summed E-state index contributed by atoms with van der Waals surface area (Å²) in [5, 5.41) is 5.65. The summed E-state index contributed by atoms with van der Waals surface area (Å²) in [7, 11) is 4.27. The molecule has 0 aliphatic carbocycles. The summed E-state index contributed by atoms with van der Waals surface area (Å²) in [5.41, 5.74) is 4.73. The van der Waals surface area contributed by atoms with E-state index in [1.54, 1.807) is 0 Å². The second kappa shape index (κ2) is 11.3. The van der Waals surface area contributed by atoms with E-state index in [9.17, 15) is 4.79 Å². The third-order valence-corrected chi connectivity index (χ3v) is 7.88. The fourth-order valence-electron chi connectivity index (χ4n) is 5.87. The lowest BCUT2D eigenvalue weighted by Crippen LogP contribution is -2.09. The molecule has 2 aromatic heterocycles. The van der Waals surface area contributed by atoms with Crippen molar-refractivity contribution in [2.24, 2.45) is 19.1 Å². The highest BCUT2D eigenvalue weighted by Gasteiger charge is 2.15. The van der Waals surface area contributed by atoms with E-state index in [1.165, 1.54) is 83.0 Å². The average molecular weight is 494 g/mol. The first-order chi connectivity index (χ1) is 18.1. The van der Waals surface area contributed by atoms with Gasteiger partial charge in [0.25, 0.3) is 0 Å². The topological polar surface area (TPSA) is 39.3 Å². The number of carbonyl (C=O) groups is 1. The first-order valence-electron chi connectivity index (χ1n) is 14.1. The lowest BCUT2D eigenvalue weighted by molar-refractivity contribution is -0.118. The van der Waals surface area contributed by atoms with Gasteiger partial charge < -0.3 is 9.13 Å². The molecule has 5 rings (SSSR count). The van der Waals surface area contributed by atoms with Crippen molar-refractivity contribution in [3.8, 4) is 0 Å². The van der Waals surface area contributed by atoms with Gasteiger partial charge in [-0.25, -0.2) is 4.99 Å². The van der Waals surface area contributed by atoms with Gasteiger partial charge in [0.2, 0.25) is 5.91 Å². The number of pyridine rings is 2. The largest absolute Gasteiger partial charge is 0.344 e. The number of aromatic nitrogens is 2. The van der Waals surface area contributed by atoms with Crippen molar-refractivity contribution in [1.29, 1.82) is 0 Å². The molecule has 0 saturated heterocycles. The molecule has 0 bridgehead atoms. The number of para-hydroxylation sites is 1. The zero-order chi connectivity index (χ0) is 25.8. The Morgan fingerprint density at radius 2 is 1.35 bits per heavy atom. The second-order valence-electron chi connectivity index (χ2n) is 10.5. The third kappa shape index (κ3) is 5.07. The fraction of sp³-hybridized carbons (Fsp3) is 0.394. The van der Waals surface area contributed by atoms with Gasteiger partial charge in [-0.2, -0.15) is 0 Å². The standard InChI is InChI=1S/C33H39N3O/c1-4-5-6-7-8-9-10-11-12-20-31(37)34-24-21-22-25-26-17-15-19-29-32(26)33(36(3)30(25)23-24)27-16-13-14-18-28(27)35(29)2/h13-19,21-23H,4-12,20H2,1-3H3. The highest BCUT2D eigenvalue weighted by molar-refractivity contribution is 6.24. The minimum Gasteiger partial charge on any atom is -0.344 e. The van der Waals surface area contributed by atoms with Crippen LogP contribution in [0.3, 0.4) is 0 Å². The van der Waals surface area contributed by atoms with Crippen LogP contribution in [0.25, 0.3) is 43.6 Å². The number of fused-ring (bicyclic) bond motifs is 4. The quantitative estimate of drug-likeness (QED) is 0.109. The molecule has 0 N–H and O–H groups in total. The van der Waals surface area contributed by atoms with Crippen LogP contribution in [0.15, 0.2) is 65.7 Å². The number of unbranched alkanes of at least 4 members (excludes halogenated alkanes) is 8. The fourth-order valence-corrected chi connectivity index (χ4v) is 5.87. The van der Waals surface area contributed by atoms with Crippen molar-refractivity contribution in [2.75, 3.05) is 0 Å². The Balaban J connectivity index is 1.42. The first-order valence-corrected chi connectivity index (χ1v) is 14.1. The van der Waals surface area contributed by atoms with Crippen LogP contribution in [0.5, 0.6) is 0 Å². The van der Waals surface area contributed by atoms with Gasteiger partial charge in [-0.3, -0.25) is 4.79 Å². The van der Waals surface area contributed by atoms with Crippen LogP contribution in [0, 0.1) is 0 Å². The summed E-state index contributed by atoms with van der Waals surface area (Å²) in [6.45, 7) is 2.26. The number of nitrogens with zero attached hydrogens (tertiary/aromatic N) is 3. The van der Waals surface area contributed by atoms with Crippen LogP contribution < -0.4 is 5.36 Å². The lowest BCUT2D eigenvalue weighted by Gasteiger charge is -2.20. The van der Waals surface area contributed by atoms with E-state index in [4.69, 9.17) is 0 Å². The first kappa shape index (κ1) is 25.3.